The molecule has 6 heteroatoms. The van der Waals surface area contributed by atoms with Gasteiger partial charge in [-0.1, -0.05) is 29.8 Å². The van der Waals surface area contributed by atoms with Gasteiger partial charge in [-0.15, -0.1) is 0 Å². The van der Waals surface area contributed by atoms with Crippen LogP contribution in [0.3, 0.4) is 0 Å². The molecule has 0 amide bonds. The van der Waals surface area contributed by atoms with Crippen LogP contribution in [-0.4, -0.2) is 9.97 Å². The monoisotopic (exact) mass is 339 g/mol. The molecule has 0 unspecified atom stereocenters. The van der Waals surface area contributed by atoms with E-state index >= 15 is 0 Å². The van der Waals surface area contributed by atoms with E-state index in [1.54, 1.807) is 12.1 Å². The quantitative estimate of drug-likeness (QED) is 0.921. The third-order valence-electron chi connectivity index (χ3n) is 2.67. The SMILES string of the molecule is CC(C)c1ncc(Oc2cc(Br)ccc2F)c(CN)n1. The summed E-state index contributed by atoms with van der Waals surface area (Å²) >= 11 is 3.27. The number of halogens is 2. The van der Waals surface area contributed by atoms with E-state index in [1.165, 1.54) is 12.3 Å². The normalized spacial score (nSPS) is 10.9. The fraction of sp³-hybridized carbons (Fsp3) is 0.286. The Morgan fingerprint density at radius 1 is 1.35 bits per heavy atom. The Kier molecular flexibility index (Phi) is 4.67. The van der Waals surface area contributed by atoms with Crippen molar-refractivity contribution >= 4 is 15.9 Å². The van der Waals surface area contributed by atoms with Crippen LogP contribution >= 0.6 is 15.9 Å². The summed E-state index contributed by atoms with van der Waals surface area (Å²) in [6.45, 7) is 4.18. The Morgan fingerprint density at radius 3 is 2.75 bits per heavy atom. The van der Waals surface area contributed by atoms with Crippen LogP contribution in [0.25, 0.3) is 0 Å². The lowest BCUT2D eigenvalue weighted by atomic mass is 10.2. The zero-order valence-corrected chi connectivity index (χ0v) is 12.8. The predicted octanol–water partition coefficient (Wildman–Crippen LogP) is 3.75. The molecule has 0 atom stereocenters. The van der Waals surface area contributed by atoms with E-state index in [0.717, 1.165) is 4.47 Å². The van der Waals surface area contributed by atoms with Crippen molar-refractivity contribution in [2.75, 3.05) is 0 Å². The van der Waals surface area contributed by atoms with Gasteiger partial charge in [0, 0.05) is 16.9 Å². The first-order valence-corrected chi connectivity index (χ1v) is 6.99. The highest BCUT2D eigenvalue weighted by molar-refractivity contribution is 9.10. The second kappa shape index (κ2) is 6.28. The molecule has 0 bridgehead atoms. The lowest BCUT2D eigenvalue weighted by molar-refractivity contribution is 0.431. The van der Waals surface area contributed by atoms with E-state index in [-0.39, 0.29) is 18.2 Å². The van der Waals surface area contributed by atoms with Gasteiger partial charge < -0.3 is 10.5 Å². The third-order valence-corrected chi connectivity index (χ3v) is 3.16. The summed E-state index contributed by atoms with van der Waals surface area (Å²) in [6.07, 6.45) is 1.53. The van der Waals surface area contributed by atoms with Gasteiger partial charge in [-0.3, -0.25) is 0 Å². The lowest BCUT2D eigenvalue weighted by Crippen LogP contribution is -2.08. The van der Waals surface area contributed by atoms with E-state index in [4.69, 9.17) is 10.5 Å². The van der Waals surface area contributed by atoms with E-state index in [9.17, 15) is 4.39 Å². The van der Waals surface area contributed by atoms with Crippen molar-refractivity contribution in [1.82, 2.24) is 9.97 Å². The second-order valence-corrected chi connectivity index (χ2v) is 5.49. The Labute approximate surface area is 125 Å². The molecule has 1 heterocycles. The standard InChI is InChI=1S/C14H15BrFN3O/c1-8(2)14-18-7-13(11(6-17)19-14)20-12-5-9(15)3-4-10(12)16/h3-5,7-8H,6,17H2,1-2H3. The average molecular weight is 340 g/mol. The first-order chi connectivity index (χ1) is 9.51. The number of hydrogen-bond acceptors (Lipinski definition) is 4. The molecule has 2 rings (SSSR count). The fourth-order valence-corrected chi connectivity index (χ4v) is 1.95. The molecule has 4 nitrogen and oxygen atoms in total. The minimum atomic E-state index is -0.455. The molecule has 0 fully saturated rings. The number of benzene rings is 1. The van der Waals surface area contributed by atoms with Gasteiger partial charge in [0.2, 0.25) is 0 Å². The number of rotatable bonds is 4. The van der Waals surface area contributed by atoms with Gasteiger partial charge in [-0.2, -0.15) is 0 Å². The summed E-state index contributed by atoms with van der Waals surface area (Å²) in [6, 6.07) is 4.47. The van der Waals surface area contributed by atoms with Crippen molar-refractivity contribution in [1.29, 1.82) is 0 Å². The molecule has 20 heavy (non-hydrogen) atoms. The summed E-state index contributed by atoms with van der Waals surface area (Å²) in [4.78, 5) is 8.55. The summed E-state index contributed by atoms with van der Waals surface area (Å²) in [5, 5.41) is 0. The Hall–Kier alpha value is -1.53. The molecular weight excluding hydrogens is 325 g/mol. The van der Waals surface area contributed by atoms with Gasteiger partial charge >= 0.3 is 0 Å². The molecule has 0 aliphatic carbocycles. The molecule has 1 aromatic heterocycles. The van der Waals surface area contributed by atoms with Crippen molar-refractivity contribution in [3.63, 3.8) is 0 Å². The minimum Gasteiger partial charge on any atom is -0.451 e. The van der Waals surface area contributed by atoms with Crippen LogP contribution in [0.1, 0.15) is 31.3 Å². The van der Waals surface area contributed by atoms with Gasteiger partial charge in [0.25, 0.3) is 0 Å². The van der Waals surface area contributed by atoms with Gasteiger partial charge in [-0.05, 0) is 18.2 Å². The van der Waals surface area contributed by atoms with Gasteiger partial charge in [0.05, 0.1) is 6.20 Å². The molecule has 0 radical (unpaired) electrons. The van der Waals surface area contributed by atoms with Gasteiger partial charge in [-0.25, -0.2) is 14.4 Å². The summed E-state index contributed by atoms with van der Waals surface area (Å²) in [7, 11) is 0. The maximum atomic E-state index is 13.7. The highest BCUT2D eigenvalue weighted by atomic mass is 79.9. The number of aromatic nitrogens is 2. The molecule has 0 saturated carbocycles. The molecule has 0 saturated heterocycles. The molecule has 106 valence electrons. The summed E-state index contributed by atoms with van der Waals surface area (Å²) < 4.78 is 19.9. The first kappa shape index (κ1) is 14.9. The number of nitrogens with two attached hydrogens (primary N) is 1. The van der Waals surface area contributed by atoms with E-state index < -0.39 is 5.82 Å². The van der Waals surface area contributed by atoms with Crippen LogP contribution in [0.4, 0.5) is 4.39 Å². The molecular formula is C14H15BrFN3O. The number of nitrogens with zero attached hydrogens (tertiary/aromatic N) is 2. The molecule has 2 aromatic rings. The Bertz CT molecular complexity index is 619. The molecule has 0 aliphatic rings. The highest BCUT2D eigenvalue weighted by Crippen LogP contribution is 2.29. The van der Waals surface area contributed by atoms with Crippen molar-refractivity contribution in [2.24, 2.45) is 5.73 Å². The predicted molar refractivity (Wildman–Crippen MR) is 78.2 cm³/mol. The number of ether oxygens (including phenoxy) is 1. The Balaban J connectivity index is 2.35. The molecule has 0 spiro atoms. The Morgan fingerprint density at radius 2 is 2.10 bits per heavy atom. The van der Waals surface area contributed by atoms with Crippen LogP contribution in [0.5, 0.6) is 11.5 Å². The van der Waals surface area contributed by atoms with Crippen molar-refractivity contribution < 1.29 is 9.13 Å². The molecule has 2 N–H and O–H groups in total. The average Bonchev–Trinajstić information content (AvgIpc) is 2.43. The van der Waals surface area contributed by atoms with Crippen LogP contribution in [-0.2, 0) is 6.54 Å². The van der Waals surface area contributed by atoms with Crippen LogP contribution in [0.2, 0.25) is 0 Å². The van der Waals surface area contributed by atoms with Crippen LogP contribution in [0, 0.1) is 5.82 Å². The van der Waals surface area contributed by atoms with Gasteiger partial charge in [0.15, 0.2) is 17.3 Å². The number of hydrogen-bond donors (Lipinski definition) is 1. The molecule has 1 aromatic carbocycles. The molecule has 0 aliphatic heterocycles. The largest absolute Gasteiger partial charge is 0.451 e. The van der Waals surface area contributed by atoms with Crippen LogP contribution < -0.4 is 10.5 Å². The summed E-state index contributed by atoms with van der Waals surface area (Å²) in [5.74, 6) is 0.900. The maximum absolute atomic E-state index is 13.7. The van der Waals surface area contributed by atoms with Crippen LogP contribution in [0.15, 0.2) is 28.9 Å². The highest BCUT2D eigenvalue weighted by Gasteiger charge is 2.12. The first-order valence-electron chi connectivity index (χ1n) is 6.20. The van der Waals surface area contributed by atoms with Crippen molar-refractivity contribution in [3.8, 4) is 11.5 Å². The maximum Gasteiger partial charge on any atom is 0.168 e. The zero-order valence-electron chi connectivity index (χ0n) is 11.2. The van der Waals surface area contributed by atoms with Gasteiger partial charge in [0.1, 0.15) is 11.5 Å². The third kappa shape index (κ3) is 3.32. The van der Waals surface area contributed by atoms with E-state index in [1.807, 2.05) is 13.8 Å². The lowest BCUT2D eigenvalue weighted by Gasteiger charge is -2.12. The summed E-state index contributed by atoms with van der Waals surface area (Å²) in [5.41, 5.74) is 6.23. The van der Waals surface area contributed by atoms with E-state index in [0.29, 0.717) is 17.3 Å². The second-order valence-electron chi connectivity index (χ2n) is 4.57. The van der Waals surface area contributed by atoms with Crippen molar-refractivity contribution in [2.45, 2.75) is 26.3 Å². The minimum absolute atomic E-state index is 0.106. The smallest absolute Gasteiger partial charge is 0.168 e. The van der Waals surface area contributed by atoms with E-state index in [2.05, 4.69) is 25.9 Å². The topological polar surface area (TPSA) is 61.0 Å². The zero-order chi connectivity index (χ0) is 14.7. The fourth-order valence-electron chi connectivity index (χ4n) is 1.61. The van der Waals surface area contributed by atoms with Crippen molar-refractivity contribution in [3.05, 3.63) is 46.2 Å².